The van der Waals surface area contributed by atoms with E-state index in [9.17, 15) is 9.90 Å². The molecule has 1 saturated carbocycles. The molecule has 0 spiro atoms. The second-order valence-corrected chi connectivity index (χ2v) is 7.77. The second kappa shape index (κ2) is 7.69. The van der Waals surface area contributed by atoms with E-state index in [1.807, 2.05) is 34.9 Å². The normalized spacial score (nSPS) is 24.6. The predicted molar refractivity (Wildman–Crippen MR) is 95.0 cm³/mol. The molecule has 1 aliphatic heterocycles. The summed E-state index contributed by atoms with van der Waals surface area (Å²) in [6.07, 6.45) is 4.31. The molecule has 1 fully saturated rings. The molecule has 3 rings (SSSR count). The van der Waals surface area contributed by atoms with Crippen LogP contribution < -0.4 is 4.90 Å². The van der Waals surface area contributed by atoms with Crippen LogP contribution in [0.2, 0.25) is 0 Å². The van der Waals surface area contributed by atoms with Gasteiger partial charge in [-0.15, -0.1) is 11.8 Å². The van der Waals surface area contributed by atoms with Crippen LogP contribution in [0.3, 0.4) is 0 Å². The van der Waals surface area contributed by atoms with Gasteiger partial charge in [0.25, 0.3) is 0 Å². The van der Waals surface area contributed by atoms with Crippen molar-refractivity contribution in [3.8, 4) is 0 Å². The molecule has 1 aliphatic carbocycles. The molecular formula is C18H26N2O2S. The van der Waals surface area contributed by atoms with E-state index >= 15 is 0 Å². The van der Waals surface area contributed by atoms with Crippen LogP contribution in [-0.4, -0.2) is 54.5 Å². The van der Waals surface area contributed by atoms with Crippen molar-refractivity contribution < 1.29 is 9.90 Å². The van der Waals surface area contributed by atoms with Gasteiger partial charge < -0.3 is 10.0 Å². The summed E-state index contributed by atoms with van der Waals surface area (Å²) in [5, 5.41) is 9.25. The number of fused-ring (bicyclic) bond motifs is 1. The number of aliphatic hydroxyl groups is 1. The molecule has 0 unspecified atom stereocenters. The van der Waals surface area contributed by atoms with Gasteiger partial charge in [-0.05, 0) is 50.8 Å². The second-order valence-electron chi connectivity index (χ2n) is 6.63. The third-order valence-electron chi connectivity index (χ3n) is 5.11. The number of para-hydroxylation sites is 1. The first-order valence-electron chi connectivity index (χ1n) is 8.52. The zero-order valence-electron chi connectivity index (χ0n) is 13.8. The molecule has 0 saturated heterocycles. The standard InChI is InChI=1S/C18H26N2O2S/c1-19(15-8-6-14(13-21)7-9-15)12-18(22)20-10-11-23-17-5-3-2-4-16(17)20/h2-5,14-15,21H,6-13H2,1H3. The minimum Gasteiger partial charge on any atom is -0.396 e. The van der Waals surface area contributed by atoms with Crippen molar-refractivity contribution in [1.29, 1.82) is 0 Å². The van der Waals surface area contributed by atoms with Crippen LogP contribution in [0.4, 0.5) is 5.69 Å². The highest BCUT2D eigenvalue weighted by Crippen LogP contribution is 2.34. The monoisotopic (exact) mass is 334 g/mol. The number of anilines is 1. The number of likely N-dealkylation sites (N-methyl/N-ethyl adjacent to an activating group) is 1. The molecule has 1 aromatic carbocycles. The SMILES string of the molecule is CN(CC(=O)N1CCSc2ccccc21)C1CCC(CO)CC1. The summed E-state index contributed by atoms with van der Waals surface area (Å²) < 4.78 is 0. The highest BCUT2D eigenvalue weighted by molar-refractivity contribution is 7.99. The third kappa shape index (κ3) is 3.90. The van der Waals surface area contributed by atoms with E-state index in [4.69, 9.17) is 0 Å². The Kier molecular flexibility index (Phi) is 5.62. The van der Waals surface area contributed by atoms with Crippen LogP contribution in [-0.2, 0) is 4.79 Å². The van der Waals surface area contributed by atoms with Crippen LogP contribution in [0.5, 0.6) is 0 Å². The molecule has 0 aromatic heterocycles. The van der Waals surface area contributed by atoms with Gasteiger partial charge in [0.15, 0.2) is 0 Å². The van der Waals surface area contributed by atoms with E-state index in [0.717, 1.165) is 43.7 Å². The Morgan fingerprint density at radius 2 is 2.04 bits per heavy atom. The van der Waals surface area contributed by atoms with Crippen LogP contribution >= 0.6 is 11.8 Å². The maximum Gasteiger partial charge on any atom is 0.241 e. The Morgan fingerprint density at radius 1 is 1.30 bits per heavy atom. The number of rotatable bonds is 4. The lowest BCUT2D eigenvalue weighted by molar-refractivity contribution is -0.120. The zero-order valence-corrected chi connectivity index (χ0v) is 14.6. The highest BCUT2D eigenvalue weighted by Gasteiger charge is 2.28. The number of amides is 1. The van der Waals surface area contributed by atoms with Gasteiger partial charge in [0, 0.05) is 29.8 Å². The molecule has 126 valence electrons. The smallest absolute Gasteiger partial charge is 0.241 e. The van der Waals surface area contributed by atoms with Crippen molar-refractivity contribution in [1.82, 2.24) is 4.90 Å². The van der Waals surface area contributed by atoms with Crippen molar-refractivity contribution in [2.75, 3.05) is 37.4 Å². The fraction of sp³-hybridized carbons (Fsp3) is 0.611. The molecule has 4 nitrogen and oxygen atoms in total. The summed E-state index contributed by atoms with van der Waals surface area (Å²) in [4.78, 5) is 18.1. The largest absolute Gasteiger partial charge is 0.396 e. The summed E-state index contributed by atoms with van der Waals surface area (Å²) in [7, 11) is 2.06. The molecule has 5 heteroatoms. The van der Waals surface area contributed by atoms with Gasteiger partial charge in [-0.25, -0.2) is 0 Å². The highest BCUT2D eigenvalue weighted by atomic mass is 32.2. The molecule has 23 heavy (non-hydrogen) atoms. The summed E-state index contributed by atoms with van der Waals surface area (Å²) >= 11 is 1.83. The Bertz CT molecular complexity index is 544. The fourth-order valence-corrected chi connectivity index (χ4v) is 4.62. The first-order valence-corrected chi connectivity index (χ1v) is 9.51. The lowest BCUT2D eigenvalue weighted by atomic mass is 9.86. The summed E-state index contributed by atoms with van der Waals surface area (Å²) in [6, 6.07) is 8.65. The fourth-order valence-electron chi connectivity index (χ4n) is 3.62. The number of hydrogen-bond donors (Lipinski definition) is 1. The van der Waals surface area contributed by atoms with Crippen LogP contribution in [0, 0.1) is 5.92 Å². The van der Waals surface area contributed by atoms with Gasteiger partial charge in [0.05, 0.1) is 12.2 Å². The van der Waals surface area contributed by atoms with Crippen molar-refractivity contribution >= 4 is 23.4 Å². The van der Waals surface area contributed by atoms with Crippen LogP contribution in [0.15, 0.2) is 29.2 Å². The van der Waals surface area contributed by atoms with E-state index < -0.39 is 0 Å². The molecule has 0 atom stereocenters. The molecule has 1 heterocycles. The average molecular weight is 334 g/mol. The summed E-state index contributed by atoms with van der Waals surface area (Å²) in [5.74, 6) is 1.62. The lowest BCUT2D eigenvalue weighted by Gasteiger charge is -2.36. The van der Waals surface area contributed by atoms with Crippen molar-refractivity contribution in [3.63, 3.8) is 0 Å². The van der Waals surface area contributed by atoms with E-state index in [0.29, 0.717) is 25.1 Å². The Labute approximate surface area is 142 Å². The third-order valence-corrected chi connectivity index (χ3v) is 6.15. The minimum atomic E-state index is 0.199. The molecular weight excluding hydrogens is 308 g/mol. The summed E-state index contributed by atoms with van der Waals surface area (Å²) in [6.45, 7) is 1.58. The minimum absolute atomic E-state index is 0.199. The predicted octanol–water partition coefficient (Wildman–Crippen LogP) is 2.61. The number of benzene rings is 1. The number of thioether (sulfide) groups is 1. The first kappa shape index (κ1) is 16.8. The van der Waals surface area contributed by atoms with Gasteiger partial charge in [-0.1, -0.05) is 12.1 Å². The number of aliphatic hydroxyl groups excluding tert-OH is 1. The molecule has 0 radical (unpaired) electrons. The topological polar surface area (TPSA) is 43.8 Å². The average Bonchev–Trinajstić information content (AvgIpc) is 2.61. The van der Waals surface area contributed by atoms with Crippen LogP contribution in [0.25, 0.3) is 0 Å². The van der Waals surface area contributed by atoms with E-state index in [2.05, 4.69) is 18.0 Å². The molecule has 2 aliphatic rings. The number of carbonyl (C=O) groups excluding carboxylic acids is 1. The number of carbonyl (C=O) groups is 1. The van der Waals surface area contributed by atoms with Crippen molar-refractivity contribution in [3.05, 3.63) is 24.3 Å². The maximum absolute atomic E-state index is 12.8. The first-order chi connectivity index (χ1) is 11.2. The Morgan fingerprint density at radius 3 is 2.78 bits per heavy atom. The van der Waals surface area contributed by atoms with E-state index in [-0.39, 0.29) is 5.91 Å². The lowest BCUT2D eigenvalue weighted by Crippen LogP contribution is -2.45. The molecule has 0 bridgehead atoms. The van der Waals surface area contributed by atoms with Gasteiger partial charge in [0.2, 0.25) is 5.91 Å². The molecule has 1 amide bonds. The van der Waals surface area contributed by atoms with Crippen LogP contribution in [0.1, 0.15) is 25.7 Å². The summed E-state index contributed by atoms with van der Waals surface area (Å²) in [5.41, 5.74) is 1.06. The Hall–Kier alpha value is -1.04. The number of nitrogens with zero attached hydrogens (tertiary/aromatic N) is 2. The van der Waals surface area contributed by atoms with Gasteiger partial charge >= 0.3 is 0 Å². The van der Waals surface area contributed by atoms with Gasteiger partial charge in [-0.2, -0.15) is 0 Å². The van der Waals surface area contributed by atoms with E-state index in [1.54, 1.807) is 0 Å². The molecule has 1 aromatic rings. The van der Waals surface area contributed by atoms with Gasteiger partial charge in [0.1, 0.15) is 0 Å². The Balaban J connectivity index is 1.59. The zero-order chi connectivity index (χ0) is 16.2. The quantitative estimate of drug-likeness (QED) is 0.919. The van der Waals surface area contributed by atoms with Crippen molar-refractivity contribution in [2.24, 2.45) is 5.92 Å². The maximum atomic E-state index is 12.8. The molecule has 1 N–H and O–H groups in total. The number of hydrogen-bond acceptors (Lipinski definition) is 4. The van der Waals surface area contributed by atoms with Gasteiger partial charge in [-0.3, -0.25) is 9.69 Å². The van der Waals surface area contributed by atoms with Crippen molar-refractivity contribution in [2.45, 2.75) is 36.6 Å². The van der Waals surface area contributed by atoms with E-state index in [1.165, 1.54) is 4.90 Å².